The first kappa shape index (κ1) is 27.3. The summed E-state index contributed by atoms with van der Waals surface area (Å²) in [7, 11) is 0. The first-order chi connectivity index (χ1) is 24.8. The fourth-order valence-corrected chi connectivity index (χ4v) is 8.31. The minimum absolute atomic E-state index is 0.725. The first-order valence-electron chi connectivity index (χ1n) is 17.2. The van der Waals surface area contributed by atoms with E-state index in [4.69, 9.17) is 9.97 Å². The maximum Gasteiger partial charge on any atom is 0.160 e. The quantitative estimate of drug-likeness (QED) is 0.181. The number of para-hydroxylation sites is 1. The Balaban J connectivity index is 1.21. The van der Waals surface area contributed by atoms with Crippen LogP contribution in [0.25, 0.3) is 109 Å². The molecule has 2 heteroatoms. The molecule has 0 aliphatic heterocycles. The molecule has 0 spiro atoms. The molecule has 11 aromatic rings. The second kappa shape index (κ2) is 10.4. The minimum atomic E-state index is 0.725. The zero-order chi connectivity index (χ0) is 32.8. The Bertz CT molecular complexity index is 3140. The molecule has 10 aromatic carbocycles. The molecule has 11 rings (SSSR count). The molecule has 0 N–H and O–H groups in total. The number of hydrogen-bond acceptors (Lipinski definition) is 2. The second-order valence-corrected chi connectivity index (χ2v) is 13.3. The molecule has 1 heterocycles. The van der Waals surface area contributed by atoms with Crippen LogP contribution < -0.4 is 0 Å². The number of fused-ring (bicyclic) bond motifs is 3. The van der Waals surface area contributed by atoms with E-state index in [1.54, 1.807) is 0 Å². The van der Waals surface area contributed by atoms with Gasteiger partial charge in [0.15, 0.2) is 5.82 Å². The normalized spacial score (nSPS) is 12.0. The Labute approximate surface area is 288 Å². The lowest BCUT2D eigenvalue weighted by Gasteiger charge is -2.17. The number of aromatic nitrogens is 2. The number of benzene rings is 9. The van der Waals surface area contributed by atoms with E-state index in [0.29, 0.717) is 0 Å². The fourth-order valence-electron chi connectivity index (χ4n) is 8.31. The van der Waals surface area contributed by atoms with E-state index in [1.807, 2.05) is 12.1 Å². The molecule has 0 aliphatic rings. The molecule has 50 heavy (non-hydrogen) atoms. The third kappa shape index (κ3) is 3.96. The molecular formula is C48H28N2. The Morgan fingerprint density at radius 1 is 0.280 bits per heavy atom. The largest absolute Gasteiger partial charge is 0.228 e. The van der Waals surface area contributed by atoms with Crippen molar-refractivity contribution in [3.8, 4) is 33.8 Å². The molecule has 2 nitrogen and oxygen atoms in total. The van der Waals surface area contributed by atoms with Crippen molar-refractivity contribution in [2.45, 2.75) is 0 Å². The predicted octanol–water partition coefficient (Wildman–Crippen LogP) is 13.0. The van der Waals surface area contributed by atoms with Gasteiger partial charge in [0.2, 0.25) is 0 Å². The zero-order valence-electron chi connectivity index (χ0n) is 27.1. The van der Waals surface area contributed by atoms with Crippen molar-refractivity contribution in [2.24, 2.45) is 0 Å². The van der Waals surface area contributed by atoms with Crippen molar-refractivity contribution >= 4 is 75.5 Å². The van der Waals surface area contributed by atoms with Gasteiger partial charge in [-0.15, -0.1) is 0 Å². The lowest BCUT2D eigenvalue weighted by molar-refractivity contribution is 1.23. The third-order valence-electron chi connectivity index (χ3n) is 10.5. The van der Waals surface area contributed by atoms with Gasteiger partial charge >= 0.3 is 0 Å². The predicted molar refractivity (Wildman–Crippen MR) is 212 cm³/mol. The van der Waals surface area contributed by atoms with Gasteiger partial charge in [0.05, 0.1) is 11.2 Å². The summed E-state index contributed by atoms with van der Waals surface area (Å²) in [6, 6.07) is 61.6. The fraction of sp³-hybridized carbons (Fsp3) is 0. The van der Waals surface area contributed by atoms with Crippen molar-refractivity contribution in [3.63, 3.8) is 0 Å². The van der Waals surface area contributed by atoms with E-state index in [-0.39, 0.29) is 0 Å². The van der Waals surface area contributed by atoms with Crippen molar-refractivity contribution in [1.29, 1.82) is 0 Å². The summed E-state index contributed by atoms with van der Waals surface area (Å²) in [4.78, 5) is 10.3. The van der Waals surface area contributed by atoms with Crippen LogP contribution in [0, 0.1) is 0 Å². The van der Waals surface area contributed by atoms with Crippen molar-refractivity contribution < 1.29 is 0 Å². The van der Waals surface area contributed by atoms with Crippen molar-refractivity contribution in [1.82, 2.24) is 9.97 Å². The van der Waals surface area contributed by atoms with Gasteiger partial charge in [-0.05, 0) is 100 Å². The van der Waals surface area contributed by atoms with E-state index in [0.717, 1.165) is 39.1 Å². The number of hydrogen-bond donors (Lipinski definition) is 0. The van der Waals surface area contributed by atoms with Crippen LogP contribution in [0.5, 0.6) is 0 Å². The summed E-state index contributed by atoms with van der Waals surface area (Å²) >= 11 is 0. The van der Waals surface area contributed by atoms with Crippen LogP contribution in [0.15, 0.2) is 170 Å². The van der Waals surface area contributed by atoms with Gasteiger partial charge in [0, 0.05) is 16.5 Å². The Morgan fingerprint density at radius 3 is 1.50 bits per heavy atom. The summed E-state index contributed by atoms with van der Waals surface area (Å²) in [5.41, 5.74) is 6.28. The van der Waals surface area contributed by atoms with Gasteiger partial charge < -0.3 is 0 Å². The van der Waals surface area contributed by atoms with Gasteiger partial charge in [0.25, 0.3) is 0 Å². The molecule has 0 unspecified atom stereocenters. The van der Waals surface area contributed by atoms with Crippen molar-refractivity contribution in [2.75, 3.05) is 0 Å². The molecule has 0 saturated heterocycles. The molecule has 230 valence electrons. The maximum atomic E-state index is 5.18. The summed E-state index contributed by atoms with van der Waals surface area (Å²) in [5.74, 6) is 0.725. The molecule has 0 radical (unpaired) electrons. The van der Waals surface area contributed by atoms with Gasteiger partial charge in [-0.1, -0.05) is 146 Å². The van der Waals surface area contributed by atoms with Gasteiger partial charge in [0.1, 0.15) is 0 Å². The van der Waals surface area contributed by atoms with Crippen LogP contribution in [-0.2, 0) is 0 Å². The van der Waals surface area contributed by atoms with E-state index in [1.165, 1.54) is 70.2 Å². The second-order valence-electron chi connectivity index (χ2n) is 13.3. The van der Waals surface area contributed by atoms with Crippen LogP contribution in [0.2, 0.25) is 0 Å². The summed E-state index contributed by atoms with van der Waals surface area (Å²) < 4.78 is 0. The standard InChI is InChI=1S/C48H28N2/c1-2-10-32(11-3-1)47-40-17-4-5-21-42(40)49-48(50-47)35-16-6-15-33(26-35)36-27-34-25-24-31-13-8-19-38-37-18-7-12-29-22-23-30-14-9-20-39(45(30)43(29)37)41(28-36)46(34)44(31)38/h1-28H. The third-order valence-corrected chi connectivity index (χ3v) is 10.5. The van der Waals surface area contributed by atoms with E-state index < -0.39 is 0 Å². The van der Waals surface area contributed by atoms with Crippen LogP contribution >= 0.6 is 0 Å². The molecule has 0 atom stereocenters. The molecular weight excluding hydrogens is 605 g/mol. The Morgan fingerprint density at radius 2 is 0.800 bits per heavy atom. The minimum Gasteiger partial charge on any atom is -0.228 e. The molecule has 1 aromatic heterocycles. The zero-order valence-corrected chi connectivity index (χ0v) is 27.1. The summed E-state index contributed by atoms with van der Waals surface area (Å²) in [5, 5.41) is 16.5. The lowest BCUT2D eigenvalue weighted by atomic mass is 9.86. The van der Waals surface area contributed by atoms with Crippen LogP contribution in [0.1, 0.15) is 0 Å². The monoisotopic (exact) mass is 632 g/mol. The number of rotatable bonds is 3. The Kier molecular flexibility index (Phi) is 5.70. The highest BCUT2D eigenvalue weighted by molar-refractivity contribution is 6.37. The van der Waals surface area contributed by atoms with Crippen LogP contribution in [0.3, 0.4) is 0 Å². The average molecular weight is 633 g/mol. The van der Waals surface area contributed by atoms with E-state index in [2.05, 4.69) is 158 Å². The molecule has 0 amide bonds. The van der Waals surface area contributed by atoms with Gasteiger partial charge in [-0.3, -0.25) is 0 Å². The topological polar surface area (TPSA) is 25.8 Å². The Hall–Kier alpha value is -6.64. The average Bonchev–Trinajstić information content (AvgIpc) is 3.19. The number of nitrogens with zero attached hydrogens (tertiary/aromatic N) is 2. The summed E-state index contributed by atoms with van der Waals surface area (Å²) in [6.45, 7) is 0. The maximum absolute atomic E-state index is 5.18. The molecule has 0 fully saturated rings. The van der Waals surface area contributed by atoms with E-state index in [9.17, 15) is 0 Å². The molecule has 0 saturated carbocycles. The SMILES string of the molecule is c1ccc(-c2nc(-c3cccc(-c4cc5ccc6cccc7c8cccc9ccc%10cccc(c(c4)c5c67)c%10c98)c3)nc3ccccc23)cc1. The highest BCUT2D eigenvalue weighted by atomic mass is 14.9. The first-order valence-corrected chi connectivity index (χ1v) is 17.2. The highest BCUT2D eigenvalue weighted by Gasteiger charge is 2.17. The molecule has 0 bridgehead atoms. The van der Waals surface area contributed by atoms with Gasteiger partial charge in [-0.2, -0.15) is 0 Å². The van der Waals surface area contributed by atoms with Crippen molar-refractivity contribution in [3.05, 3.63) is 170 Å². The van der Waals surface area contributed by atoms with E-state index >= 15 is 0 Å². The highest BCUT2D eigenvalue weighted by Crippen LogP contribution is 2.44. The van der Waals surface area contributed by atoms with Gasteiger partial charge in [-0.25, -0.2) is 9.97 Å². The smallest absolute Gasteiger partial charge is 0.160 e. The molecule has 0 aliphatic carbocycles. The van der Waals surface area contributed by atoms with Crippen LogP contribution in [0.4, 0.5) is 0 Å². The lowest BCUT2D eigenvalue weighted by Crippen LogP contribution is -1.95. The van der Waals surface area contributed by atoms with Crippen LogP contribution in [-0.4, -0.2) is 9.97 Å². The summed E-state index contributed by atoms with van der Waals surface area (Å²) in [6.07, 6.45) is 0.